The highest BCUT2D eigenvalue weighted by atomic mass is 16.5. The van der Waals surface area contributed by atoms with Crippen molar-refractivity contribution in [3.05, 3.63) is 48.5 Å². The highest BCUT2D eigenvalue weighted by molar-refractivity contribution is 6.04. The zero-order valence-electron chi connectivity index (χ0n) is 15.2. The predicted molar refractivity (Wildman–Crippen MR) is 103 cm³/mol. The third-order valence-corrected chi connectivity index (χ3v) is 4.52. The Labute approximate surface area is 153 Å². The van der Waals surface area contributed by atoms with Gasteiger partial charge in [0.1, 0.15) is 5.75 Å². The number of methoxy groups -OCH3 is 1. The van der Waals surface area contributed by atoms with Gasteiger partial charge in [0.2, 0.25) is 11.8 Å². The van der Waals surface area contributed by atoms with Gasteiger partial charge in [-0.1, -0.05) is 12.1 Å². The molecule has 2 amide bonds. The van der Waals surface area contributed by atoms with E-state index in [4.69, 9.17) is 4.74 Å². The molecule has 2 aromatic carbocycles. The summed E-state index contributed by atoms with van der Waals surface area (Å²) in [6.07, 6.45) is 0.194. The van der Waals surface area contributed by atoms with Crippen molar-refractivity contribution in [1.29, 1.82) is 0 Å². The summed E-state index contributed by atoms with van der Waals surface area (Å²) in [5.74, 6) is 0.0214. The van der Waals surface area contributed by atoms with E-state index in [9.17, 15) is 9.59 Å². The first-order valence-electron chi connectivity index (χ1n) is 8.51. The lowest BCUT2D eigenvalue weighted by Gasteiger charge is -2.19. The lowest BCUT2D eigenvalue weighted by atomic mass is 10.1. The molecule has 26 heavy (non-hydrogen) atoms. The van der Waals surface area contributed by atoms with E-state index in [0.29, 0.717) is 18.0 Å². The summed E-state index contributed by atoms with van der Waals surface area (Å²) in [5, 5.41) is 2.90. The number of ether oxygens (including phenoxy) is 1. The van der Waals surface area contributed by atoms with Crippen molar-refractivity contribution in [3.63, 3.8) is 0 Å². The van der Waals surface area contributed by atoms with Crippen LogP contribution in [-0.4, -0.2) is 39.6 Å². The molecule has 1 heterocycles. The molecule has 1 atom stereocenters. The van der Waals surface area contributed by atoms with E-state index in [-0.39, 0.29) is 24.2 Å². The van der Waals surface area contributed by atoms with Crippen molar-refractivity contribution in [3.8, 4) is 5.75 Å². The largest absolute Gasteiger partial charge is 0.495 e. The quantitative estimate of drug-likeness (QED) is 0.898. The van der Waals surface area contributed by atoms with Gasteiger partial charge in [0.25, 0.3) is 0 Å². The SMILES string of the molecule is COc1ccccc1N1CC(C(=O)Nc2ccc(N(C)C)cc2)CC1=O. The number of amides is 2. The van der Waals surface area contributed by atoms with Crippen molar-refractivity contribution < 1.29 is 14.3 Å². The normalized spacial score (nSPS) is 16.5. The molecule has 0 bridgehead atoms. The molecule has 2 aromatic rings. The van der Waals surface area contributed by atoms with Gasteiger partial charge in [0, 0.05) is 38.4 Å². The van der Waals surface area contributed by atoms with E-state index in [1.165, 1.54) is 0 Å². The first-order valence-corrected chi connectivity index (χ1v) is 8.51. The summed E-state index contributed by atoms with van der Waals surface area (Å²) in [7, 11) is 5.50. The summed E-state index contributed by atoms with van der Waals surface area (Å²) in [4.78, 5) is 28.6. The van der Waals surface area contributed by atoms with Gasteiger partial charge in [0.15, 0.2) is 0 Å². The molecule has 0 radical (unpaired) electrons. The Balaban J connectivity index is 1.69. The predicted octanol–water partition coefficient (Wildman–Crippen LogP) is 2.75. The van der Waals surface area contributed by atoms with E-state index < -0.39 is 0 Å². The number of hydrogen-bond donors (Lipinski definition) is 1. The van der Waals surface area contributed by atoms with Crippen LogP contribution < -0.4 is 19.9 Å². The molecule has 0 aliphatic carbocycles. The molecule has 0 aromatic heterocycles. The Kier molecular flexibility index (Phi) is 5.11. The van der Waals surface area contributed by atoms with Crippen molar-refractivity contribution in [2.24, 2.45) is 5.92 Å². The average molecular weight is 353 g/mol. The van der Waals surface area contributed by atoms with E-state index in [2.05, 4.69) is 5.32 Å². The Morgan fingerprint density at radius 3 is 2.50 bits per heavy atom. The second kappa shape index (κ2) is 7.47. The minimum atomic E-state index is -0.388. The van der Waals surface area contributed by atoms with Crippen LogP contribution in [0.4, 0.5) is 17.1 Å². The maximum absolute atomic E-state index is 12.6. The van der Waals surface area contributed by atoms with E-state index in [1.54, 1.807) is 12.0 Å². The second-order valence-corrected chi connectivity index (χ2v) is 6.51. The second-order valence-electron chi connectivity index (χ2n) is 6.51. The minimum Gasteiger partial charge on any atom is -0.495 e. The first kappa shape index (κ1) is 17.8. The monoisotopic (exact) mass is 353 g/mol. The van der Waals surface area contributed by atoms with Gasteiger partial charge in [-0.3, -0.25) is 9.59 Å². The summed E-state index contributed by atoms with van der Waals surface area (Å²) in [6, 6.07) is 15.0. The van der Waals surface area contributed by atoms with Crippen molar-refractivity contribution in [2.75, 3.05) is 42.9 Å². The van der Waals surface area contributed by atoms with Crippen molar-refractivity contribution in [2.45, 2.75) is 6.42 Å². The molecule has 6 nitrogen and oxygen atoms in total. The topological polar surface area (TPSA) is 61.9 Å². The van der Waals surface area contributed by atoms with E-state index in [0.717, 1.165) is 11.4 Å². The Morgan fingerprint density at radius 2 is 1.85 bits per heavy atom. The fourth-order valence-electron chi connectivity index (χ4n) is 3.06. The highest BCUT2D eigenvalue weighted by Crippen LogP contribution is 2.33. The maximum atomic E-state index is 12.6. The fourth-order valence-corrected chi connectivity index (χ4v) is 3.06. The fraction of sp³-hybridized carbons (Fsp3) is 0.300. The number of nitrogens with zero attached hydrogens (tertiary/aromatic N) is 2. The van der Waals surface area contributed by atoms with Crippen LogP contribution >= 0.6 is 0 Å². The molecule has 0 saturated carbocycles. The van der Waals surface area contributed by atoms with Crippen LogP contribution in [0, 0.1) is 5.92 Å². The van der Waals surface area contributed by atoms with Gasteiger partial charge in [0.05, 0.1) is 18.7 Å². The molecular weight excluding hydrogens is 330 g/mol. The van der Waals surface area contributed by atoms with E-state index in [1.807, 2.05) is 67.5 Å². The number of carbonyl (C=O) groups excluding carboxylic acids is 2. The molecule has 1 N–H and O–H groups in total. The molecular formula is C20H23N3O3. The summed E-state index contributed by atoms with van der Waals surface area (Å²) in [5.41, 5.74) is 2.48. The molecule has 1 unspecified atom stereocenters. The van der Waals surface area contributed by atoms with Crippen LogP contribution in [0.25, 0.3) is 0 Å². The number of carbonyl (C=O) groups is 2. The number of rotatable bonds is 5. The Morgan fingerprint density at radius 1 is 1.15 bits per heavy atom. The van der Waals surface area contributed by atoms with Gasteiger partial charge >= 0.3 is 0 Å². The third kappa shape index (κ3) is 3.64. The van der Waals surface area contributed by atoms with Crippen LogP contribution in [0.1, 0.15) is 6.42 Å². The standard InChI is InChI=1S/C20H23N3O3/c1-22(2)16-10-8-15(9-11-16)21-20(25)14-12-19(24)23(13-14)17-6-4-5-7-18(17)26-3/h4-11,14H,12-13H2,1-3H3,(H,21,25). The molecule has 1 fully saturated rings. The zero-order valence-corrected chi connectivity index (χ0v) is 15.2. The smallest absolute Gasteiger partial charge is 0.229 e. The number of nitrogens with one attached hydrogen (secondary N) is 1. The van der Waals surface area contributed by atoms with Crippen LogP contribution in [0.3, 0.4) is 0 Å². The third-order valence-electron chi connectivity index (χ3n) is 4.52. The molecule has 6 heteroatoms. The van der Waals surface area contributed by atoms with Crippen molar-refractivity contribution >= 4 is 28.9 Å². The molecule has 0 spiro atoms. The van der Waals surface area contributed by atoms with E-state index >= 15 is 0 Å². The lowest BCUT2D eigenvalue weighted by Crippen LogP contribution is -2.28. The average Bonchev–Trinajstić information content (AvgIpc) is 3.04. The van der Waals surface area contributed by atoms with Crippen molar-refractivity contribution in [1.82, 2.24) is 0 Å². The van der Waals surface area contributed by atoms with Gasteiger partial charge in [-0.25, -0.2) is 0 Å². The molecule has 3 rings (SSSR count). The number of hydrogen-bond acceptors (Lipinski definition) is 4. The number of para-hydroxylation sites is 2. The first-order chi connectivity index (χ1) is 12.5. The number of benzene rings is 2. The maximum Gasteiger partial charge on any atom is 0.229 e. The summed E-state index contributed by atoms with van der Waals surface area (Å²) < 4.78 is 5.33. The van der Waals surface area contributed by atoms with Gasteiger partial charge in [-0.15, -0.1) is 0 Å². The van der Waals surface area contributed by atoms with Crippen LogP contribution in [0.5, 0.6) is 5.75 Å². The van der Waals surface area contributed by atoms with Gasteiger partial charge in [-0.2, -0.15) is 0 Å². The summed E-state index contributed by atoms with van der Waals surface area (Å²) >= 11 is 0. The minimum absolute atomic E-state index is 0.0717. The van der Waals surface area contributed by atoms with Gasteiger partial charge < -0.3 is 19.9 Å². The van der Waals surface area contributed by atoms with Crippen LogP contribution in [-0.2, 0) is 9.59 Å². The summed E-state index contributed by atoms with van der Waals surface area (Å²) in [6.45, 7) is 0.348. The van der Waals surface area contributed by atoms with Crippen LogP contribution in [0.15, 0.2) is 48.5 Å². The Hall–Kier alpha value is -3.02. The van der Waals surface area contributed by atoms with Crippen LogP contribution in [0.2, 0.25) is 0 Å². The lowest BCUT2D eigenvalue weighted by molar-refractivity contribution is -0.122. The zero-order chi connectivity index (χ0) is 18.7. The highest BCUT2D eigenvalue weighted by Gasteiger charge is 2.36. The van der Waals surface area contributed by atoms with Gasteiger partial charge in [-0.05, 0) is 36.4 Å². The molecule has 1 aliphatic heterocycles. The molecule has 1 aliphatic rings. The molecule has 1 saturated heterocycles. The number of anilines is 3. The molecule has 136 valence electrons. The Bertz CT molecular complexity index is 802.